The number of nitrogens with zero attached hydrogens (tertiary/aromatic N) is 2. The van der Waals surface area contributed by atoms with Crippen molar-refractivity contribution < 1.29 is 14.7 Å². The molecule has 1 amide bonds. The monoisotopic (exact) mass is 468 g/mol. The summed E-state index contributed by atoms with van der Waals surface area (Å²) in [5, 5.41) is 11.4. The molecule has 0 radical (unpaired) electrons. The van der Waals surface area contributed by atoms with E-state index in [0.717, 1.165) is 20.6 Å². The minimum atomic E-state index is -0.756. The fourth-order valence-corrected chi connectivity index (χ4v) is 4.50. The number of thiazole rings is 1. The SMILES string of the molecule is Cc1nc(N2C(=O)C(=O)C(=C(O)c3ccccc3)[C@@H]2c2ccc(Br)cc2)sc1C. The van der Waals surface area contributed by atoms with Crippen LogP contribution in [-0.2, 0) is 9.59 Å². The normalized spacial score (nSPS) is 18.4. The van der Waals surface area contributed by atoms with Crippen LogP contribution in [0.5, 0.6) is 0 Å². The molecule has 0 saturated carbocycles. The van der Waals surface area contributed by atoms with Gasteiger partial charge < -0.3 is 5.11 Å². The lowest BCUT2D eigenvalue weighted by atomic mass is 9.95. The second-order valence-corrected chi connectivity index (χ2v) is 8.82. The van der Waals surface area contributed by atoms with Crippen LogP contribution in [-0.4, -0.2) is 21.8 Å². The van der Waals surface area contributed by atoms with Crippen molar-refractivity contribution in [3.63, 3.8) is 0 Å². The van der Waals surface area contributed by atoms with Crippen LogP contribution < -0.4 is 4.90 Å². The lowest BCUT2D eigenvalue weighted by molar-refractivity contribution is -0.132. The van der Waals surface area contributed by atoms with E-state index in [0.29, 0.717) is 10.7 Å². The Bertz CT molecular complexity index is 1120. The van der Waals surface area contributed by atoms with Crippen molar-refractivity contribution in [3.05, 3.63) is 86.3 Å². The van der Waals surface area contributed by atoms with Gasteiger partial charge in [0.25, 0.3) is 5.78 Å². The van der Waals surface area contributed by atoms with Gasteiger partial charge in [0, 0.05) is 14.9 Å². The maximum atomic E-state index is 13.0. The number of aliphatic hydroxyl groups is 1. The lowest BCUT2D eigenvalue weighted by Gasteiger charge is -2.23. The largest absolute Gasteiger partial charge is 0.507 e. The molecule has 29 heavy (non-hydrogen) atoms. The Morgan fingerprint density at radius 3 is 2.31 bits per heavy atom. The Kier molecular flexibility index (Phi) is 5.10. The predicted molar refractivity (Wildman–Crippen MR) is 117 cm³/mol. The van der Waals surface area contributed by atoms with Crippen LogP contribution in [0.2, 0.25) is 0 Å². The molecular weight excluding hydrogens is 452 g/mol. The van der Waals surface area contributed by atoms with E-state index in [4.69, 9.17) is 0 Å². The van der Waals surface area contributed by atoms with Gasteiger partial charge in [-0.05, 0) is 31.5 Å². The summed E-state index contributed by atoms with van der Waals surface area (Å²) in [6, 6.07) is 15.4. The quantitative estimate of drug-likeness (QED) is 0.327. The molecule has 0 bridgehead atoms. The number of aromatic nitrogens is 1. The first-order valence-electron chi connectivity index (χ1n) is 8.94. The van der Waals surface area contributed by atoms with E-state index in [1.165, 1.54) is 16.2 Å². The second-order valence-electron chi connectivity index (χ2n) is 6.72. The third kappa shape index (κ3) is 3.41. The number of halogens is 1. The lowest BCUT2D eigenvalue weighted by Crippen LogP contribution is -2.29. The smallest absolute Gasteiger partial charge is 0.301 e. The first-order chi connectivity index (χ1) is 13.9. The highest BCUT2D eigenvalue weighted by Crippen LogP contribution is 2.43. The molecule has 1 saturated heterocycles. The highest BCUT2D eigenvalue weighted by Gasteiger charge is 2.48. The van der Waals surface area contributed by atoms with Gasteiger partial charge in [-0.3, -0.25) is 14.5 Å². The number of aryl methyl sites for hydroxylation is 2. The number of aliphatic hydroxyl groups excluding tert-OH is 1. The van der Waals surface area contributed by atoms with E-state index in [-0.39, 0.29) is 11.3 Å². The number of amides is 1. The van der Waals surface area contributed by atoms with Crippen molar-refractivity contribution in [2.24, 2.45) is 0 Å². The maximum Gasteiger partial charge on any atom is 0.301 e. The van der Waals surface area contributed by atoms with Crippen molar-refractivity contribution in [2.45, 2.75) is 19.9 Å². The molecule has 5 nitrogen and oxygen atoms in total. The number of ketones is 1. The Labute approximate surface area is 180 Å². The molecule has 1 aliphatic heterocycles. The number of carbonyl (C=O) groups excluding carboxylic acids is 2. The summed E-state index contributed by atoms with van der Waals surface area (Å²) >= 11 is 4.77. The zero-order chi connectivity index (χ0) is 20.7. The van der Waals surface area contributed by atoms with E-state index in [1.54, 1.807) is 24.3 Å². The molecule has 1 aliphatic rings. The van der Waals surface area contributed by atoms with E-state index < -0.39 is 17.7 Å². The average molecular weight is 469 g/mol. The molecule has 1 atom stereocenters. The Hall–Kier alpha value is -2.77. The van der Waals surface area contributed by atoms with Crippen molar-refractivity contribution >= 4 is 49.8 Å². The summed E-state index contributed by atoms with van der Waals surface area (Å²) in [6.45, 7) is 3.79. The molecule has 2 heterocycles. The van der Waals surface area contributed by atoms with Gasteiger partial charge in [0.05, 0.1) is 17.3 Å². The minimum Gasteiger partial charge on any atom is -0.507 e. The van der Waals surface area contributed by atoms with Gasteiger partial charge in [-0.2, -0.15) is 0 Å². The zero-order valence-electron chi connectivity index (χ0n) is 15.7. The van der Waals surface area contributed by atoms with Crippen LogP contribution in [0.3, 0.4) is 0 Å². The van der Waals surface area contributed by atoms with Crippen LogP contribution >= 0.6 is 27.3 Å². The van der Waals surface area contributed by atoms with Crippen LogP contribution in [0.25, 0.3) is 5.76 Å². The predicted octanol–water partition coefficient (Wildman–Crippen LogP) is 5.15. The average Bonchev–Trinajstić information content (AvgIpc) is 3.18. The molecule has 7 heteroatoms. The Morgan fingerprint density at radius 2 is 1.72 bits per heavy atom. The van der Waals surface area contributed by atoms with Crippen LogP contribution in [0.1, 0.15) is 27.7 Å². The number of Topliss-reactive ketones (excluding diaryl/α,β-unsaturated/α-hetero) is 1. The van der Waals surface area contributed by atoms with Gasteiger partial charge in [-0.25, -0.2) is 4.98 Å². The molecule has 0 spiro atoms. The van der Waals surface area contributed by atoms with Gasteiger partial charge in [0.1, 0.15) is 5.76 Å². The summed E-state index contributed by atoms with van der Waals surface area (Å²) < 4.78 is 0.877. The molecule has 1 N–H and O–H groups in total. The van der Waals surface area contributed by atoms with Crippen molar-refractivity contribution in [3.8, 4) is 0 Å². The van der Waals surface area contributed by atoms with Gasteiger partial charge >= 0.3 is 5.91 Å². The molecule has 0 aliphatic carbocycles. The first-order valence-corrected chi connectivity index (χ1v) is 10.6. The van der Waals surface area contributed by atoms with Crippen molar-refractivity contribution in [1.82, 2.24) is 4.98 Å². The zero-order valence-corrected chi connectivity index (χ0v) is 18.1. The topological polar surface area (TPSA) is 70.5 Å². The molecule has 1 fully saturated rings. The molecule has 2 aromatic carbocycles. The van der Waals surface area contributed by atoms with E-state index >= 15 is 0 Å². The summed E-state index contributed by atoms with van der Waals surface area (Å²) in [7, 11) is 0. The van der Waals surface area contributed by atoms with Crippen LogP contribution in [0, 0.1) is 13.8 Å². The third-order valence-corrected chi connectivity index (χ3v) is 6.50. The third-order valence-electron chi connectivity index (χ3n) is 4.90. The standard InChI is InChI=1S/C22H17BrN2O3S/c1-12-13(2)29-22(24-12)25-18(14-8-10-16(23)11-9-14)17(20(27)21(25)28)19(26)15-6-4-3-5-7-15/h3-11,18,26H,1-2H3/t18-/m0/s1. The number of carbonyl (C=O) groups is 2. The first kappa shape index (κ1) is 19.5. The van der Waals surface area contributed by atoms with Crippen LogP contribution in [0.15, 0.2) is 64.6 Å². The molecule has 3 aromatic rings. The molecule has 1 aromatic heterocycles. The summed E-state index contributed by atoms with van der Waals surface area (Å²) in [5.74, 6) is -1.60. The molecule has 0 unspecified atom stereocenters. The number of benzene rings is 2. The van der Waals surface area contributed by atoms with Gasteiger partial charge in [-0.15, -0.1) is 11.3 Å². The summed E-state index contributed by atoms with van der Waals surface area (Å²) in [6.07, 6.45) is 0. The van der Waals surface area contributed by atoms with E-state index in [1.807, 2.05) is 44.2 Å². The summed E-state index contributed by atoms with van der Waals surface area (Å²) in [5.41, 5.74) is 2.08. The minimum absolute atomic E-state index is 0.0639. The van der Waals surface area contributed by atoms with E-state index in [2.05, 4.69) is 20.9 Å². The fourth-order valence-electron chi connectivity index (χ4n) is 3.30. The number of anilines is 1. The molecule has 146 valence electrons. The molecular formula is C22H17BrN2O3S. The van der Waals surface area contributed by atoms with Gasteiger partial charge in [0.2, 0.25) is 0 Å². The highest BCUT2D eigenvalue weighted by atomic mass is 79.9. The van der Waals surface area contributed by atoms with Gasteiger partial charge in [0.15, 0.2) is 5.13 Å². The Balaban J connectivity index is 1.95. The highest BCUT2D eigenvalue weighted by molar-refractivity contribution is 9.10. The second kappa shape index (κ2) is 7.57. The van der Waals surface area contributed by atoms with E-state index in [9.17, 15) is 14.7 Å². The summed E-state index contributed by atoms with van der Waals surface area (Å²) in [4.78, 5) is 32.9. The number of rotatable bonds is 3. The number of hydrogen-bond donors (Lipinski definition) is 1. The number of hydrogen-bond acceptors (Lipinski definition) is 5. The van der Waals surface area contributed by atoms with Crippen molar-refractivity contribution in [2.75, 3.05) is 4.90 Å². The Morgan fingerprint density at radius 1 is 1.07 bits per heavy atom. The van der Waals surface area contributed by atoms with Gasteiger partial charge in [-0.1, -0.05) is 58.4 Å². The fraction of sp³-hybridized carbons (Fsp3) is 0.136. The maximum absolute atomic E-state index is 13.0. The van der Waals surface area contributed by atoms with Crippen molar-refractivity contribution in [1.29, 1.82) is 0 Å². The van der Waals surface area contributed by atoms with Crippen LogP contribution in [0.4, 0.5) is 5.13 Å². The molecule has 4 rings (SSSR count).